The Morgan fingerprint density at radius 2 is 2.25 bits per heavy atom. The monoisotopic (exact) mass is 210 g/mol. The minimum absolute atomic E-state index is 0.0417. The first-order chi connectivity index (χ1) is 5.54. The van der Waals surface area contributed by atoms with Crippen LogP contribution in [0, 0.1) is 0 Å². The second-order valence-corrected chi connectivity index (χ2v) is 3.68. The van der Waals surface area contributed by atoms with Crippen LogP contribution >= 0.6 is 24.0 Å². The number of hydrogen-bond acceptors (Lipinski definition) is 4. The molecule has 0 unspecified atom stereocenters. The lowest BCUT2D eigenvalue weighted by atomic mass is 10.7. The van der Waals surface area contributed by atoms with Crippen LogP contribution in [0.3, 0.4) is 0 Å². The Balaban J connectivity index is 0. The summed E-state index contributed by atoms with van der Waals surface area (Å²) in [5.41, 5.74) is 5.10. The number of nitrogens with two attached hydrogens (primary N) is 1. The maximum atomic E-state index is 9.54. The first-order valence-corrected chi connectivity index (χ1v) is 4.72. The Labute approximate surface area is 81.9 Å². The minimum Gasteiger partial charge on any atom is -0.480 e. The lowest BCUT2D eigenvalue weighted by molar-refractivity contribution is -0.135. The van der Waals surface area contributed by atoms with Crippen molar-refractivity contribution in [2.75, 3.05) is 19.3 Å². The highest BCUT2D eigenvalue weighted by atomic mass is 32.2. The maximum absolute atomic E-state index is 9.54. The number of aliphatic carboxylic acids is 1. The molecule has 0 aromatic carbocycles. The Hall–Kier alpha value is -0.330. The molecule has 0 aliphatic heterocycles. The third-order valence-electron chi connectivity index (χ3n) is 0.615. The Morgan fingerprint density at radius 1 is 1.75 bits per heavy atom. The van der Waals surface area contributed by atoms with Gasteiger partial charge in [-0.3, -0.25) is 4.79 Å². The number of rotatable bonds is 3. The third-order valence-corrected chi connectivity index (χ3v) is 1.54. The summed E-state index contributed by atoms with van der Waals surface area (Å²) in [6.07, 6.45) is 0. The molecule has 0 heterocycles. The largest absolute Gasteiger partial charge is 0.480 e. The summed E-state index contributed by atoms with van der Waals surface area (Å²) in [6, 6.07) is 0. The van der Waals surface area contributed by atoms with E-state index in [2.05, 4.69) is 17.5 Å². The number of likely N-dealkylation sites (N-methyl/N-ethyl adjacent to an activating group) is 1. The number of carboxylic acids is 1. The lowest BCUT2D eigenvalue weighted by Gasteiger charge is -1.85. The fraction of sp³-hybridized carbons (Fsp3) is 0.667. The topological polar surface area (TPSA) is 75.3 Å². The van der Waals surface area contributed by atoms with Gasteiger partial charge in [0.25, 0.3) is 0 Å². The number of nitrogens with one attached hydrogen (secondary N) is 1. The van der Waals surface area contributed by atoms with Crippen molar-refractivity contribution in [1.29, 1.82) is 0 Å². The van der Waals surface area contributed by atoms with Crippen molar-refractivity contribution in [3.05, 3.63) is 0 Å². The molecule has 4 nitrogen and oxygen atoms in total. The zero-order valence-electron chi connectivity index (χ0n) is 7.16. The maximum Gasteiger partial charge on any atom is 0.317 e. The number of thiocarbonyl (C=S) groups is 1. The summed E-state index contributed by atoms with van der Waals surface area (Å²) in [4.78, 5) is 9.54. The summed E-state index contributed by atoms with van der Waals surface area (Å²) in [5, 5.41) is 10.3. The van der Waals surface area contributed by atoms with E-state index in [0.29, 0.717) is 4.32 Å². The van der Waals surface area contributed by atoms with Gasteiger partial charge in [-0.15, -0.1) is 0 Å². The Morgan fingerprint density at radius 3 is 2.25 bits per heavy atom. The van der Waals surface area contributed by atoms with E-state index in [4.69, 9.17) is 10.8 Å². The van der Waals surface area contributed by atoms with Crippen LogP contribution in [-0.4, -0.2) is 34.7 Å². The van der Waals surface area contributed by atoms with Gasteiger partial charge in [-0.2, -0.15) is 0 Å². The van der Waals surface area contributed by atoms with Gasteiger partial charge in [0.1, 0.15) is 4.32 Å². The average molecular weight is 210 g/mol. The van der Waals surface area contributed by atoms with Crippen LogP contribution in [0.4, 0.5) is 0 Å². The molecule has 0 amide bonds. The van der Waals surface area contributed by atoms with E-state index in [1.807, 2.05) is 6.92 Å². The molecule has 0 aliphatic carbocycles. The fourth-order valence-corrected chi connectivity index (χ4v) is 0.932. The van der Waals surface area contributed by atoms with Gasteiger partial charge in [0.05, 0.1) is 6.54 Å². The van der Waals surface area contributed by atoms with Crippen LogP contribution in [0.2, 0.25) is 0 Å². The number of hydrogen-bond donors (Lipinski definition) is 3. The predicted molar refractivity (Wildman–Crippen MR) is 56.5 cm³/mol. The quantitative estimate of drug-likeness (QED) is 0.581. The molecule has 0 aromatic rings. The summed E-state index contributed by atoms with van der Waals surface area (Å²) >= 11 is 6.03. The molecule has 0 rings (SSSR count). The standard InChI is InChI=1S/C3H7NO2.C3H7NS2/c1-4-2-3(5)6;1-2-6-3(4)5/h4H,2H2,1H3,(H,5,6);2H2,1H3,(H2,4,5). The van der Waals surface area contributed by atoms with Crippen molar-refractivity contribution in [3.8, 4) is 0 Å². The molecule has 72 valence electrons. The van der Waals surface area contributed by atoms with Crippen molar-refractivity contribution < 1.29 is 9.90 Å². The smallest absolute Gasteiger partial charge is 0.317 e. The molecule has 6 heteroatoms. The molecule has 12 heavy (non-hydrogen) atoms. The van der Waals surface area contributed by atoms with Crippen LogP contribution in [0.15, 0.2) is 0 Å². The van der Waals surface area contributed by atoms with Crippen LogP contribution < -0.4 is 11.1 Å². The molecular weight excluding hydrogens is 196 g/mol. The molecule has 0 atom stereocenters. The summed E-state index contributed by atoms with van der Waals surface area (Å²) < 4.78 is 0.539. The number of carboxylic acid groups (broad SMARTS) is 1. The van der Waals surface area contributed by atoms with Crippen LogP contribution in [-0.2, 0) is 4.79 Å². The van der Waals surface area contributed by atoms with Crippen LogP contribution in [0.1, 0.15) is 6.92 Å². The van der Waals surface area contributed by atoms with Gasteiger partial charge in [-0.25, -0.2) is 0 Å². The predicted octanol–water partition coefficient (Wildman–Crippen LogP) is 0.273. The highest BCUT2D eigenvalue weighted by Crippen LogP contribution is 1.95. The number of thioether (sulfide) groups is 1. The summed E-state index contributed by atoms with van der Waals surface area (Å²) in [7, 11) is 1.59. The molecule has 0 fully saturated rings. The molecule has 0 aromatic heterocycles. The van der Waals surface area contributed by atoms with Gasteiger partial charge in [-0.1, -0.05) is 30.9 Å². The van der Waals surface area contributed by atoms with E-state index in [1.54, 1.807) is 7.05 Å². The fourth-order valence-electron chi connectivity index (χ4n) is 0.293. The molecular formula is C6H14N2O2S2. The third kappa shape index (κ3) is 22.6. The van der Waals surface area contributed by atoms with Crippen molar-refractivity contribution in [2.45, 2.75) is 6.92 Å². The van der Waals surface area contributed by atoms with E-state index in [0.717, 1.165) is 5.75 Å². The highest BCUT2D eigenvalue weighted by molar-refractivity contribution is 8.22. The lowest BCUT2D eigenvalue weighted by Crippen LogP contribution is -2.16. The van der Waals surface area contributed by atoms with Gasteiger partial charge >= 0.3 is 5.97 Å². The van der Waals surface area contributed by atoms with E-state index >= 15 is 0 Å². The van der Waals surface area contributed by atoms with Gasteiger partial charge in [0.15, 0.2) is 0 Å². The number of carbonyl (C=O) groups is 1. The molecule has 4 N–H and O–H groups in total. The van der Waals surface area contributed by atoms with Crippen molar-refractivity contribution in [2.24, 2.45) is 5.73 Å². The first-order valence-electron chi connectivity index (χ1n) is 3.33. The molecule has 0 bridgehead atoms. The second kappa shape index (κ2) is 10.7. The summed E-state index contributed by atoms with van der Waals surface area (Å²) in [6.45, 7) is 2.06. The minimum atomic E-state index is -0.822. The molecule has 0 saturated carbocycles. The molecule has 0 radical (unpaired) electrons. The van der Waals surface area contributed by atoms with E-state index < -0.39 is 5.97 Å². The normalized spacial score (nSPS) is 8.17. The van der Waals surface area contributed by atoms with E-state index in [-0.39, 0.29) is 6.54 Å². The molecule has 0 spiro atoms. The zero-order valence-corrected chi connectivity index (χ0v) is 8.80. The second-order valence-electron chi connectivity index (χ2n) is 1.68. The van der Waals surface area contributed by atoms with Gasteiger partial charge in [0, 0.05) is 0 Å². The van der Waals surface area contributed by atoms with Crippen molar-refractivity contribution >= 4 is 34.3 Å². The SMILES string of the molecule is CCSC(N)=S.CNCC(=O)O. The van der Waals surface area contributed by atoms with Gasteiger partial charge in [0.2, 0.25) is 0 Å². The van der Waals surface area contributed by atoms with Crippen molar-refractivity contribution in [3.63, 3.8) is 0 Å². The highest BCUT2D eigenvalue weighted by Gasteiger charge is 1.86. The Bertz CT molecular complexity index is 126. The summed E-state index contributed by atoms with van der Waals surface area (Å²) in [5.74, 6) is 0.160. The Kier molecular flexibility index (Phi) is 12.6. The van der Waals surface area contributed by atoms with Crippen LogP contribution in [0.25, 0.3) is 0 Å². The van der Waals surface area contributed by atoms with Crippen molar-refractivity contribution in [1.82, 2.24) is 5.32 Å². The van der Waals surface area contributed by atoms with Crippen LogP contribution in [0.5, 0.6) is 0 Å². The van der Waals surface area contributed by atoms with Gasteiger partial charge in [-0.05, 0) is 12.8 Å². The molecule has 0 saturated heterocycles. The average Bonchev–Trinajstić information content (AvgIpc) is 1.87. The van der Waals surface area contributed by atoms with Gasteiger partial charge < -0.3 is 16.2 Å². The van der Waals surface area contributed by atoms with E-state index in [9.17, 15) is 4.79 Å². The van der Waals surface area contributed by atoms with E-state index in [1.165, 1.54) is 11.8 Å². The zero-order chi connectivity index (χ0) is 9.98. The first kappa shape index (κ1) is 14.2. The molecule has 0 aliphatic rings.